The third-order valence-electron chi connectivity index (χ3n) is 4.03. The van der Waals surface area contributed by atoms with Crippen molar-refractivity contribution in [1.82, 2.24) is 15.2 Å². The van der Waals surface area contributed by atoms with Crippen LogP contribution in [0.25, 0.3) is 0 Å². The molecule has 118 valence electrons. The van der Waals surface area contributed by atoms with Gasteiger partial charge in [0.15, 0.2) is 0 Å². The van der Waals surface area contributed by atoms with Gasteiger partial charge < -0.3 is 20.3 Å². The largest absolute Gasteiger partial charge is 0.394 e. The summed E-state index contributed by atoms with van der Waals surface area (Å²) in [6.07, 6.45) is 4.87. The predicted octanol–water partition coefficient (Wildman–Crippen LogP) is 1.55. The number of amides is 1. The average molecular weight is 293 g/mol. The Bertz CT molecular complexity index is 450. The Morgan fingerprint density at radius 3 is 2.81 bits per heavy atom. The number of aliphatic hydroxyl groups excluding tert-OH is 1. The number of piperidine rings is 1. The standard InChI is InChI=1S/C16H27N3O2/c1-12(2)10-13(11-20)18-16(21)15-4-3-9-19(15)14-5-7-17-8-6-14/h3-4,9,12-14,17,20H,5-8,10-11H2,1-2H3,(H,18,21). The molecule has 1 unspecified atom stereocenters. The molecule has 2 heterocycles. The zero-order valence-corrected chi connectivity index (χ0v) is 13.0. The van der Waals surface area contributed by atoms with Crippen LogP contribution in [0, 0.1) is 5.92 Å². The lowest BCUT2D eigenvalue weighted by Gasteiger charge is -2.26. The lowest BCUT2D eigenvalue weighted by atomic mass is 10.0. The summed E-state index contributed by atoms with van der Waals surface area (Å²) in [6.45, 7) is 6.16. The Morgan fingerprint density at radius 2 is 2.19 bits per heavy atom. The number of hydrogen-bond acceptors (Lipinski definition) is 3. The number of rotatable bonds is 6. The van der Waals surface area contributed by atoms with E-state index in [1.165, 1.54) is 0 Å². The fraction of sp³-hybridized carbons (Fsp3) is 0.688. The molecule has 0 radical (unpaired) electrons. The third-order valence-corrected chi connectivity index (χ3v) is 4.03. The van der Waals surface area contributed by atoms with Crippen LogP contribution in [-0.4, -0.2) is 41.3 Å². The van der Waals surface area contributed by atoms with Crippen LogP contribution in [0.3, 0.4) is 0 Å². The van der Waals surface area contributed by atoms with Gasteiger partial charge in [0.2, 0.25) is 0 Å². The Morgan fingerprint density at radius 1 is 1.48 bits per heavy atom. The minimum Gasteiger partial charge on any atom is -0.394 e. The van der Waals surface area contributed by atoms with E-state index < -0.39 is 0 Å². The second-order valence-electron chi connectivity index (χ2n) is 6.26. The van der Waals surface area contributed by atoms with E-state index in [1.54, 1.807) is 0 Å². The van der Waals surface area contributed by atoms with Crippen molar-refractivity contribution in [3.05, 3.63) is 24.0 Å². The summed E-state index contributed by atoms with van der Waals surface area (Å²) in [4.78, 5) is 12.5. The summed E-state index contributed by atoms with van der Waals surface area (Å²) >= 11 is 0. The molecule has 0 saturated carbocycles. The zero-order chi connectivity index (χ0) is 15.2. The molecule has 3 N–H and O–H groups in total. The van der Waals surface area contributed by atoms with Gasteiger partial charge in [-0.15, -0.1) is 0 Å². The van der Waals surface area contributed by atoms with Crippen LogP contribution in [0.15, 0.2) is 18.3 Å². The summed E-state index contributed by atoms with van der Waals surface area (Å²) in [5, 5.41) is 15.7. The third kappa shape index (κ3) is 4.32. The molecule has 1 amide bonds. The predicted molar refractivity (Wildman–Crippen MR) is 83.4 cm³/mol. The molecule has 0 spiro atoms. The maximum absolute atomic E-state index is 12.5. The van der Waals surface area contributed by atoms with Crippen LogP contribution in [0.2, 0.25) is 0 Å². The molecule has 0 aliphatic carbocycles. The molecule has 1 saturated heterocycles. The van der Waals surface area contributed by atoms with Gasteiger partial charge in [-0.05, 0) is 50.4 Å². The molecule has 1 aromatic heterocycles. The van der Waals surface area contributed by atoms with E-state index in [4.69, 9.17) is 0 Å². The number of nitrogens with zero attached hydrogens (tertiary/aromatic N) is 1. The highest BCUT2D eigenvalue weighted by Gasteiger charge is 2.21. The van der Waals surface area contributed by atoms with Crippen LogP contribution in [0.4, 0.5) is 0 Å². The lowest BCUT2D eigenvalue weighted by molar-refractivity contribution is 0.0895. The van der Waals surface area contributed by atoms with Crippen molar-refractivity contribution in [3.63, 3.8) is 0 Å². The molecular weight excluding hydrogens is 266 g/mol. The van der Waals surface area contributed by atoms with Crippen molar-refractivity contribution >= 4 is 5.91 Å². The maximum Gasteiger partial charge on any atom is 0.268 e. The van der Waals surface area contributed by atoms with Crippen molar-refractivity contribution in [3.8, 4) is 0 Å². The second-order valence-corrected chi connectivity index (χ2v) is 6.26. The van der Waals surface area contributed by atoms with Gasteiger partial charge in [-0.3, -0.25) is 4.79 Å². The molecule has 2 rings (SSSR count). The van der Waals surface area contributed by atoms with Gasteiger partial charge in [-0.25, -0.2) is 0 Å². The summed E-state index contributed by atoms with van der Waals surface area (Å²) < 4.78 is 2.08. The number of carbonyl (C=O) groups excluding carboxylic acids is 1. The number of carbonyl (C=O) groups is 1. The van der Waals surface area contributed by atoms with Crippen LogP contribution in [0.1, 0.15) is 49.6 Å². The monoisotopic (exact) mass is 293 g/mol. The van der Waals surface area contributed by atoms with Gasteiger partial charge in [0.05, 0.1) is 12.6 Å². The number of nitrogens with one attached hydrogen (secondary N) is 2. The minimum atomic E-state index is -0.172. The van der Waals surface area contributed by atoms with E-state index in [0.717, 1.165) is 32.4 Å². The number of hydrogen-bond donors (Lipinski definition) is 3. The fourth-order valence-electron chi connectivity index (χ4n) is 3.00. The van der Waals surface area contributed by atoms with Crippen molar-refractivity contribution in [2.45, 2.75) is 45.2 Å². The second kappa shape index (κ2) is 7.61. The maximum atomic E-state index is 12.5. The van der Waals surface area contributed by atoms with Gasteiger partial charge in [-0.1, -0.05) is 13.8 Å². The SMILES string of the molecule is CC(C)CC(CO)NC(=O)c1cccn1C1CCNCC1. The summed E-state index contributed by atoms with van der Waals surface area (Å²) in [5.74, 6) is 0.358. The normalized spacial score (nSPS) is 17.9. The molecule has 1 fully saturated rings. The highest BCUT2D eigenvalue weighted by atomic mass is 16.3. The molecular formula is C16H27N3O2. The van der Waals surface area contributed by atoms with E-state index in [9.17, 15) is 9.90 Å². The molecule has 1 aliphatic heterocycles. The number of aliphatic hydroxyl groups is 1. The fourth-order valence-corrected chi connectivity index (χ4v) is 3.00. The molecule has 0 aromatic carbocycles. The van der Waals surface area contributed by atoms with Crippen molar-refractivity contribution in [2.75, 3.05) is 19.7 Å². The van der Waals surface area contributed by atoms with E-state index in [-0.39, 0.29) is 18.6 Å². The Labute approximate surface area is 126 Å². The van der Waals surface area contributed by atoms with Crippen molar-refractivity contribution in [2.24, 2.45) is 5.92 Å². The van der Waals surface area contributed by atoms with Crippen molar-refractivity contribution < 1.29 is 9.90 Å². The zero-order valence-electron chi connectivity index (χ0n) is 13.0. The first kappa shape index (κ1) is 16.0. The first-order valence-corrected chi connectivity index (χ1v) is 7.91. The topological polar surface area (TPSA) is 66.3 Å². The number of aromatic nitrogens is 1. The van der Waals surface area contributed by atoms with Gasteiger partial charge in [-0.2, -0.15) is 0 Å². The van der Waals surface area contributed by atoms with Gasteiger partial charge >= 0.3 is 0 Å². The Hall–Kier alpha value is -1.33. The minimum absolute atomic E-state index is 0.0159. The smallest absolute Gasteiger partial charge is 0.268 e. The quantitative estimate of drug-likeness (QED) is 0.745. The molecule has 1 aromatic rings. The molecule has 0 bridgehead atoms. The van der Waals surface area contributed by atoms with Gasteiger partial charge in [0, 0.05) is 12.2 Å². The van der Waals surface area contributed by atoms with Crippen LogP contribution in [0.5, 0.6) is 0 Å². The highest BCUT2D eigenvalue weighted by molar-refractivity contribution is 5.93. The van der Waals surface area contributed by atoms with Crippen molar-refractivity contribution in [1.29, 1.82) is 0 Å². The Kier molecular flexibility index (Phi) is 5.82. The summed E-state index contributed by atoms with van der Waals surface area (Å²) in [6, 6.07) is 4.00. The molecule has 21 heavy (non-hydrogen) atoms. The summed E-state index contributed by atoms with van der Waals surface area (Å²) in [7, 11) is 0. The molecule has 5 nitrogen and oxygen atoms in total. The lowest BCUT2D eigenvalue weighted by Crippen LogP contribution is -2.40. The first-order chi connectivity index (χ1) is 10.1. The highest BCUT2D eigenvalue weighted by Crippen LogP contribution is 2.21. The van der Waals surface area contributed by atoms with Gasteiger partial charge in [0.25, 0.3) is 5.91 Å². The van der Waals surface area contributed by atoms with Crippen LogP contribution < -0.4 is 10.6 Å². The van der Waals surface area contributed by atoms with E-state index in [2.05, 4.69) is 29.0 Å². The molecule has 1 aliphatic rings. The van der Waals surface area contributed by atoms with E-state index >= 15 is 0 Å². The average Bonchev–Trinajstić information content (AvgIpc) is 2.96. The Balaban J connectivity index is 2.03. The first-order valence-electron chi connectivity index (χ1n) is 7.91. The van der Waals surface area contributed by atoms with E-state index in [0.29, 0.717) is 17.7 Å². The molecule has 5 heteroatoms. The van der Waals surface area contributed by atoms with E-state index in [1.807, 2.05) is 18.3 Å². The van der Waals surface area contributed by atoms with Gasteiger partial charge in [0.1, 0.15) is 5.69 Å². The van der Waals surface area contributed by atoms with Crippen LogP contribution in [-0.2, 0) is 0 Å². The summed E-state index contributed by atoms with van der Waals surface area (Å²) in [5.41, 5.74) is 0.698. The molecule has 1 atom stereocenters. The van der Waals surface area contributed by atoms with Crippen LogP contribution >= 0.6 is 0 Å².